The second kappa shape index (κ2) is 4.06. The van der Waals surface area contributed by atoms with Gasteiger partial charge in [-0.2, -0.15) is 0 Å². The number of hydrogen-bond acceptors (Lipinski definition) is 2. The van der Waals surface area contributed by atoms with E-state index in [1.165, 1.54) is 5.57 Å². The molecule has 0 saturated carbocycles. The van der Waals surface area contributed by atoms with E-state index in [1.807, 2.05) is 0 Å². The Morgan fingerprint density at radius 3 is 2.92 bits per heavy atom. The number of hydrogen-bond donors (Lipinski definition) is 1. The van der Waals surface area contributed by atoms with Gasteiger partial charge in [-0.25, -0.2) is 0 Å². The summed E-state index contributed by atoms with van der Waals surface area (Å²) in [5.74, 6) is 0. The molecule has 0 aromatic rings. The molecule has 0 amide bonds. The average molecular weight is 169 g/mol. The first kappa shape index (κ1) is 9.75. The summed E-state index contributed by atoms with van der Waals surface area (Å²) < 4.78 is 5.33. The molecule has 2 nitrogen and oxygen atoms in total. The molecule has 70 valence electrons. The first-order valence-corrected chi connectivity index (χ1v) is 4.66. The highest BCUT2D eigenvalue weighted by molar-refractivity contribution is 4.99. The zero-order valence-electron chi connectivity index (χ0n) is 8.15. The second-order valence-corrected chi connectivity index (χ2v) is 3.82. The molecule has 2 heteroatoms. The van der Waals surface area contributed by atoms with Crippen LogP contribution in [0.3, 0.4) is 0 Å². The van der Waals surface area contributed by atoms with Gasteiger partial charge in [0, 0.05) is 18.7 Å². The molecule has 1 saturated heterocycles. The van der Waals surface area contributed by atoms with Crippen LogP contribution in [0.4, 0.5) is 0 Å². The van der Waals surface area contributed by atoms with Crippen LogP contribution in [0.25, 0.3) is 0 Å². The lowest BCUT2D eigenvalue weighted by atomic mass is 10.0. The van der Waals surface area contributed by atoms with Crippen LogP contribution in [0.15, 0.2) is 12.2 Å². The van der Waals surface area contributed by atoms with Crippen molar-refractivity contribution in [2.75, 3.05) is 19.8 Å². The summed E-state index contributed by atoms with van der Waals surface area (Å²) >= 11 is 0. The lowest BCUT2D eigenvalue weighted by Crippen LogP contribution is -2.43. The molecule has 0 aromatic heterocycles. The smallest absolute Gasteiger partial charge is 0.0646 e. The molecule has 1 fully saturated rings. The van der Waals surface area contributed by atoms with Crippen molar-refractivity contribution in [3.8, 4) is 0 Å². The van der Waals surface area contributed by atoms with Crippen LogP contribution in [0.5, 0.6) is 0 Å². The summed E-state index contributed by atoms with van der Waals surface area (Å²) in [6, 6.07) is 0. The van der Waals surface area contributed by atoms with E-state index < -0.39 is 0 Å². The molecule has 0 spiro atoms. The molecule has 1 N–H and O–H groups in total. The van der Waals surface area contributed by atoms with Gasteiger partial charge in [0.05, 0.1) is 6.61 Å². The zero-order chi connectivity index (χ0) is 9.03. The largest absolute Gasteiger partial charge is 0.379 e. The molecule has 1 heterocycles. The number of rotatable bonds is 4. The third kappa shape index (κ3) is 2.61. The van der Waals surface area contributed by atoms with Crippen molar-refractivity contribution < 1.29 is 4.74 Å². The first-order valence-electron chi connectivity index (χ1n) is 4.66. The van der Waals surface area contributed by atoms with E-state index in [1.54, 1.807) is 0 Å². The molecule has 1 rings (SSSR count). The Bertz CT molecular complexity index is 159. The van der Waals surface area contributed by atoms with E-state index >= 15 is 0 Å². The summed E-state index contributed by atoms with van der Waals surface area (Å²) in [5, 5.41) is 3.48. The maximum atomic E-state index is 5.33. The van der Waals surface area contributed by atoms with Gasteiger partial charge in [0.25, 0.3) is 0 Å². The second-order valence-electron chi connectivity index (χ2n) is 3.82. The third-order valence-corrected chi connectivity index (χ3v) is 2.48. The Balaban J connectivity index is 2.25. The molecule has 0 bridgehead atoms. The summed E-state index contributed by atoms with van der Waals surface area (Å²) in [5.41, 5.74) is 1.46. The fourth-order valence-corrected chi connectivity index (χ4v) is 1.27. The van der Waals surface area contributed by atoms with Crippen LogP contribution >= 0.6 is 0 Å². The Labute approximate surface area is 75.0 Å². The summed E-state index contributed by atoms with van der Waals surface area (Å²) in [4.78, 5) is 0. The Morgan fingerprint density at radius 2 is 2.42 bits per heavy atom. The lowest BCUT2D eigenvalue weighted by Gasteiger charge is -2.23. The fraction of sp³-hybridized carbons (Fsp3) is 0.800. The van der Waals surface area contributed by atoms with Crippen molar-refractivity contribution in [1.29, 1.82) is 0 Å². The molecule has 12 heavy (non-hydrogen) atoms. The minimum atomic E-state index is 0.193. The molecular formula is C10H19NO. The van der Waals surface area contributed by atoms with Crippen molar-refractivity contribution >= 4 is 0 Å². The van der Waals surface area contributed by atoms with E-state index in [4.69, 9.17) is 4.74 Å². The van der Waals surface area contributed by atoms with Gasteiger partial charge in [-0.15, -0.1) is 0 Å². The number of ether oxygens (including phenoxy) is 1. The maximum Gasteiger partial charge on any atom is 0.0646 e. The minimum Gasteiger partial charge on any atom is -0.379 e. The maximum absolute atomic E-state index is 5.33. The van der Waals surface area contributed by atoms with Crippen molar-refractivity contribution in [1.82, 2.24) is 5.32 Å². The molecule has 0 aliphatic carbocycles. The van der Waals surface area contributed by atoms with Gasteiger partial charge in [0.1, 0.15) is 0 Å². The van der Waals surface area contributed by atoms with Gasteiger partial charge < -0.3 is 10.1 Å². The monoisotopic (exact) mass is 169 g/mol. The van der Waals surface area contributed by atoms with Crippen LogP contribution < -0.4 is 5.32 Å². The van der Waals surface area contributed by atoms with Gasteiger partial charge in [0.15, 0.2) is 0 Å². The Hall–Kier alpha value is -0.340. The van der Waals surface area contributed by atoms with Crippen LogP contribution in [0, 0.1) is 0 Å². The zero-order valence-corrected chi connectivity index (χ0v) is 8.15. The third-order valence-electron chi connectivity index (χ3n) is 2.48. The molecule has 1 atom stereocenters. The molecule has 1 unspecified atom stereocenters. The van der Waals surface area contributed by atoms with Gasteiger partial charge in [-0.1, -0.05) is 19.1 Å². The van der Waals surface area contributed by atoms with Crippen molar-refractivity contribution in [3.05, 3.63) is 12.2 Å². The van der Waals surface area contributed by atoms with E-state index in [2.05, 4.69) is 25.7 Å². The molecule has 0 radical (unpaired) electrons. The molecule has 0 aromatic carbocycles. The highest BCUT2D eigenvalue weighted by atomic mass is 16.5. The summed E-state index contributed by atoms with van der Waals surface area (Å²) in [6.07, 6.45) is 2.17. The van der Waals surface area contributed by atoms with Crippen LogP contribution in [-0.4, -0.2) is 25.3 Å². The van der Waals surface area contributed by atoms with Gasteiger partial charge in [-0.3, -0.25) is 0 Å². The van der Waals surface area contributed by atoms with Crippen molar-refractivity contribution in [2.24, 2.45) is 0 Å². The van der Waals surface area contributed by atoms with Gasteiger partial charge >= 0.3 is 0 Å². The Morgan fingerprint density at radius 1 is 1.67 bits per heavy atom. The van der Waals surface area contributed by atoms with E-state index in [9.17, 15) is 0 Å². The molecule has 1 aliphatic rings. The average Bonchev–Trinajstić information content (AvgIpc) is 2.49. The summed E-state index contributed by atoms with van der Waals surface area (Å²) in [6.45, 7) is 11.0. The highest BCUT2D eigenvalue weighted by Crippen LogP contribution is 2.17. The summed E-state index contributed by atoms with van der Waals surface area (Å²) in [7, 11) is 0. The van der Waals surface area contributed by atoms with Crippen LogP contribution in [-0.2, 0) is 4.74 Å². The number of nitrogens with one attached hydrogen (secondary N) is 1. The van der Waals surface area contributed by atoms with E-state index in [0.29, 0.717) is 0 Å². The quantitative estimate of drug-likeness (QED) is 0.647. The first-order chi connectivity index (χ1) is 5.66. The van der Waals surface area contributed by atoms with Gasteiger partial charge in [0.2, 0.25) is 0 Å². The topological polar surface area (TPSA) is 21.3 Å². The SMILES string of the molecule is C=C(CC)CNC1(C)CCOC1. The lowest BCUT2D eigenvalue weighted by molar-refractivity contribution is 0.173. The Kier molecular flexibility index (Phi) is 3.29. The van der Waals surface area contributed by atoms with E-state index in [-0.39, 0.29) is 5.54 Å². The fourth-order valence-electron chi connectivity index (χ4n) is 1.27. The standard InChI is InChI=1S/C10H19NO/c1-4-9(2)7-11-10(3)5-6-12-8-10/h11H,2,4-8H2,1,3H3. The predicted octanol–water partition coefficient (Wildman–Crippen LogP) is 1.72. The molecular weight excluding hydrogens is 150 g/mol. The van der Waals surface area contributed by atoms with Crippen LogP contribution in [0.2, 0.25) is 0 Å². The van der Waals surface area contributed by atoms with Crippen LogP contribution in [0.1, 0.15) is 26.7 Å². The van der Waals surface area contributed by atoms with Gasteiger partial charge in [-0.05, 0) is 19.8 Å². The molecule has 1 aliphatic heterocycles. The predicted molar refractivity (Wildman–Crippen MR) is 51.3 cm³/mol. The minimum absolute atomic E-state index is 0.193. The highest BCUT2D eigenvalue weighted by Gasteiger charge is 2.28. The van der Waals surface area contributed by atoms with E-state index in [0.717, 1.165) is 32.6 Å². The van der Waals surface area contributed by atoms with Crippen molar-refractivity contribution in [2.45, 2.75) is 32.2 Å². The normalized spacial score (nSPS) is 29.2. The van der Waals surface area contributed by atoms with Crippen molar-refractivity contribution in [3.63, 3.8) is 0 Å².